The van der Waals surface area contributed by atoms with Gasteiger partial charge in [-0.05, 0) is 25.3 Å². The highest BCUT2D eigenvalue weighted by atomic mass is 14.3. The second-order valence-corrected chi connectivity index (χ2v) is 3.41. The molecule has 0 heterocycles. The Bertz CT molecular complexity index is 285. The van der Waals surface area contributed by atoms with E-state index in [0.29, 0.717) is 5.92 Å². The summed E-state index contributed by atoms with van der Waals surface area (Å²) in [7, 11) is 0. The number of hydrogen-bond donors (Lipinski definition) is 0. The fourth-order valence-electron chi connectivity index (χ4n) is 1.04. The number of rotatable bonds is 3. The topological polar surface area (TPSA) is 23.8 Å². The second-order valence-electron chi connectivity index (χ2n) is 3.41. The van der Waals surface area contributed by atoms with E-state index >= 15 is 0 Å². The number of allylic oxidation sites excluding steroid dienone is 5. The van der Waals surface area contributed by atoms with Gasteiger partial charge in [-0.2, -0.15) is 5.26 Å². The van der Waals surface area contributed by atoms with Crippen LogP contribution < -0.4 is 0 Å². The van der Waals surface area contributed by atoms with Crippen LogP contribution in [0.5, 0.6) is 0 Å². The normalized spacial score (nSPS) is 13.7. The predicted octanol–water partition coefficient (Wildman–Crippen LogP) is 3.61. The van der Waals surface area contributed by atoms with Gasteiger partial charge in [0, 0.05) is 0 Å². The zero-order valence-corrected chi connectivity index (χ0v) is 8.89. The molecule has 0 N–H and O–H groups in total. The van der Waals surface area contributed by atoms with Crippen LogP contribution in [0.2, 0.25) is 0 Å². The van der Waals surface area contributed by atoms with Gasteiger partial charge in [0.15, 0.2) is 0 Å². The van der Waals surface area contributed by atoms with Crippen LogP contribution in [0.15, 0.2) is 35.5 Å². The summed E-state index contributed by atoms with van der Waals surface area (Å²) in [5, 5.41) is 8.96. The molecule has 0 unspecified atom stereocenters. The van der Waals surface area contributed by atoms with E-state index in [-0.39, 0.29) is 0 Å². The maximum atomic E-state index is 8.96. The van der Waals surface area contributed by atoms with Gasteiger partial charge in [-0.1, -0.05) is 38.2 Å². The molecule has 0 radical (unpaired) electrons. The van der Waals surface area contributed by atoms with Crippen molar-refractivity contribution < 1.29 is 0 Å². The van der Waals surface area contributed by atoms with Crippen molar-refractivity contribution in [2.75, 3.05) is 0 Å². The van der Waals surface area contributed by atoms with Crippen LogP contribution in [-0.2, 0) is 0 Å². The van der Waals surface area contributed by atoms with Gasteiger partial charge < -0.3 is 0 Å². The van der Waals surface area contributed by atoms with Gasteiger partial charge in [-0.25, -0.2) is 0 Å². The molecule has 0 atom stereocenters. The standard InChI is InChI=1S/C12H17N/c1-6-7-10(4)12(8-13)11(5)9(2)3/h6-7,9H,1H2,2-5H3/b10-7-,12-11+. The van der Waals surface area contributed by atoms with Crippen molar-refractivity contribution in [3.8, 4) is 6.07 Å². The van der Waals surface area contributed by atoms with Crippen LogP contribution in [0.25, 0.3) is 0 Å². The maximum Gasteiger partial charge on any atom is 0.0993 e. The highest BCUT2D eigenvalue weighted by Gasteiger charge is 2.06. The van der Waals surface area contributed by atoms with Gasteiger partial charge >= 0.3 is 0 Å². The molecular weight excluding hydrogens is 158 g/mol. The molecule has 0 fully saturated rings. The summed E-state index contributed by atoms with van der Waals surface area (Å²) in [6.45, 7) is 11.7. The molecule has 0 spiro atoms. The smallest absolute Gasteiger partial charge is 0.0993 e. The summed E-state index contributed by atoms with van der Waals surface area (Å²) >= 11 is 0. The summed E-state index contributed by atoms with van der Waals surface area (Å²) in [5.74, 6) is 0.419. The van der Waals surface area contributed by atoms with Crippen molar-refractivity contribution in [3.63, 3.8) is 0 Å². The SMILES string of the molecule is C=C/C=C(C)\C(C#N)=C(/C)C(C)C. The van der Waals surface area contributed by atoms with Crippen molar-refractivity contribution in [1.29, 1.82) is 5.26 Å². The fourth-order valence-corrected chi connectivity index (χ4v) is 1.04. The van der Waals surface area contributed by atoms with Gasteiger partial charge in [0.2, 0.25) is 0 Å². The highest BCUT2D eigenvalue weighted by Crippen LogP contribution is 2.19. The molecular formula is C12H17N. The Labute approximate surface area is 81.1 Å². The molecule has 13 heavy (non-hydrogen) atoms. The molecule has 70 valence electrons. The van der Waals surface area contributed by atoms with Crippen molar-refractivity contribution in [3.05, 3.63) is 35.5 Å². The lowest BCUT2D eigenvalue weighted by Crippen LogP contribution is -1.95. The monoisotopic (exact) mass is 175 g/mol. The first-order valence-electron chi connectivity index (χ1n) is 4.45. The van der Waals surface area contributed by atoms with Crippen molar-refractivity contribution in [1.82, 2.24) is 0 Å². The van der Waals surface area contributed by atoms with Gasteiger partial charge in [0.05, 0.1) is 11.6 Å². The zero-order chi connectivity index (χ0) is 10.4. The van der Waals surface area contributed by atoms with Crippen molar-refractivity contribution in [2.45, 2.75) is 27.7 Å². The van der Waals surface area contributed by atoms with E-state index in [1.54, 1.807) is 6.08 Å². The minimum absolute atomic E-state index is 0.419. The molecule has 0 aliphatic heterocycles. The van der Waals surface area contributed by atoms with Gasteiger partial charge in [-0.15, -0.1) is 0 Å². The molecule has 0 aromatic rings. The van der Waals surface area contributed by atoms with E-state index in [4.69, 9.17) is 5.26 Å². The lowest BCUT2D eigenvalue weighted by molar-refractivity contribution is 0.762. The second kappa shape index (κ2) is 5.37. The summed E-state index contributed by atoms with van der Waals surface area (Å²) in [6.07, 6.45) is 3.57. The molecule has 0 aromatic carbocycles. The average Bonchev–Trinajstić information content (AvgIpc) is 2.05. The van der Waals surface area contributed by atoms with E-state index in [1.165, 1.54) is 0 Å². The molecule has 0 bridgehead atoms. The Kier molecular flexibility index (Phi) is 4.84. The Hall–Kier alpha value is -1.29. The summed E-state index contributed by atoms with van der Waals surface area (Å²) in [6, 6.07) is 2.23. The molecule has 0 rings (SSSR count). The largest absolute Gasteiger partial charge is 0.192 e. The third-order valence-corrected chi connectivity index (χ3v) is 2.13. The third kappa shape index (κ3) is 3.29. The van der Waals surface area contributed by atoms with E-state index in [9.17, 15) is 0 Å². The predicted molar refractivity (Wildman–Crippen MR) is 57.1 cm³/mol. The number of nitriles is 1. The van der Waals surface area contributed by atoms with Gasteiger partial charge in [0.1, 0.15) is 0 Å². The first kappa shape index (κ1) is 11.7. The molecule has 1 heteroatoms. The Morgan fingerprint density at radius 2 is 1.92 bits per heavy atom. The number of hydrogen-bond acceptors (Lipinski definition) is 1. The van der Waals surface area contributed by atoms with Crippen molar-refractivity contribution >= 4 is 0 Å². The minimum Gasteiger partial charge on any atom is -0.192 e. The van der Waals surface area contributed by atoms with Gasteiger partial charge in [-0.3, -0.25) is 0 Å². The van der Waals surface area contributed by atoms with E-state index in [2.05, 4.69) is 26.5 Å². The molecule has 0 saturated carbocycles. The fraction of sp³-hybridized carbons (Fsp3) is 0.417. The molecule has 0 aromatic heterocycles. The third-order valence-electron chi connectivity index (χ3n) is 2.13. The van der Waals surface area contributed by atoms with E-state index in [0.717, 1.165) is 16.7 Å². The van der Waals surface area contributed by atoms with E-state index in [1.807, 2.05) is 19.9 Å². The van der Waals surface area contributed by atoms with Crippen LogP contribution in [0.4, 0.5) is 0 Å². The summed E-state index contributed by atoms with van der Waals surface area (Å²) < 4.78 is 0. The van der Waals surface area contributed by atoms with Gasteiger partial charge in [0.25, 0.3) is 0 Å². The van der Waals surface area contributed by atoms with Crippen LogP contribution in [0.1, 0.15) is 27.7 Å². The maximum absolute atomic E-state index is 8.96. The van der Waals surface area contributed by atoms with Crippen LogP contribution >= 0.6 is 0 Å². The van der Waals surface area contributed by atoms with Crippen LogP contribution in [0.3, 0.4) is 0 Å². The molecule has 0 amide bonds. The molecule has 0 aliphatic carbocycles. The Morgan fingerprint density at radius 1 is 1.38 bits per heavy atom. The van der Waals surface area contributed by atoms with Crippen LogP contribution in [-0.4, -0.2) is 0 Å². The molecule has 0 saturated heterocycles. The number of nitrogens with zero attached hydrogens (tertiary/aromatic N) is 1. The summed E-state index contributed by atoms with van der Waals surface area (Å²) in [5.41, 5.74) is 2.91. The molecule has 1 nitrogen and oxygen atoms in total. The highest BCUT2D eigenvalue weighted by molar-refractivity contribution is 5.45. The molecule has 0 aliphatic rings. The first-order chi connectivity index (χ1) is 6.04. The average molecular weight is 175 g/mol. The quantitative estimate of drug-likeness (QED) is 0.475. The summed E-state index contributed by atoms with van der Waals surface area (Å²) in [4.78, 5) is 0. The van der Waals surface area contributed by atoms with E-state index < -0.39 is 0 Å². The Morgan fingerprint density at radius 3 is 2.23 bits per heavy atom. The van der Waals surface area contributed by atoms with Crippen molar-refractivity contribution in [2.24, 2.45) is 5.92 Å². The first-order valence-corrected chi connectivity index (χ1v) is 4.45. The Balaban J connectivity index is 5.14. The zero-order valence-electron chi connectivity index (χ0n) is 8.89. The van der Waals surface area contributed by atoms with Crippen LogP contribution in [0, 0.1) is 17.2 Å². The lowest BCUT2D eigenvalue weighted by Gasteiger charge is -2.08. The minimum atomic E-state index is 0.419. The lowest BCUT2D eigenvalue weighted by atomic mass is 9.95.